The fourth-order valence-corrected chi connectivity index (χ4v) is 4.73. The fraction of sp³-hybridized carbons (Fsp3) is 0.300. The summed E-state index contributed by atoms with van der Waals surface area (Å²) in [4.78, 5) is 30.2. The van der Waals surface area contributed by atoms with E-state index in [1.807, 2.05) is 4.90 Å². The van der Waals surface area contributed by atoms with Gasteiger partial charge in [-0.2, -0.15) is 0 Å². The van der Waals surface area contributed by atoms with Crippen LogP contribution < -0.4 is 15.5 Å². The van der Waals surface area contributed by atoms with Crippen LogP contribution in [0.4, 0.5) is 26.1 Å². The number of anilines is 3. The molecule has 1 amide bonds. The van der Waals surface area contributed by atoms with E-state index in [0.717, 1.165) is 5.69 Å². The molecule has 2 aromatic heterocycles. The van der Waals surface area contributed by atoms with E-state index in [2.05, 4.69) is 15.0 Å². The molecular formula is C20H18F2N6OS. The molecule has 1 aromatic carbocycles. The number of halogens is 2. The van der Waals surface area contributed by atoms with Crippen LogP contribution in [0.25, 0.3) is 10.6 Å². The monoisotopic (exact) mass is 428 g/mol. The Morgan fingerprint density at radius 2 is 2.00 bits per heavy atom. The van der Waals surface area contributed by atoms with Gasteiger partial charge in [-0.15, -0.1) is 11.3 Å². The van der Waals surface area contributed by atoms with Gasteiger partial charge >= 0.3 is 0 Å². The molecule has 5 rings (SSSR count). The molecule has 30 heavy (non-hydrogen) atoms. The second-order valence-electron chi connectivity index (χ2n) is 7.31. The van der Waals surface area contributed by atoms with E-state index in [-0.39, 0.29) is 11.6 Å². The molecule has 154 valence electrons. The molecule has 0 saturated carbocycles. The number of nitrogens with two attached hydrogens (primary N) is 1. The summed E-state index contributed by atoms with van der Waals surface area (Å²) in [5, 5.41) is 0.658. The Morgan fingerprint density at radius 3 is 2.70 bits per heavy atom. The molecule has 2 N–H and O–H groups in total. The number of rotatable bonds is 3. The third-order valence-corrected chi connectivity index (χ3v) is 6.43. The summed E-state index contributed by atoms with van der Waals surface area (Å²) >= 11 is 1.28. The molecule has 0 aliphatic carbocycles. The Hall–Kier alpha value is -3.14. The highest BCUT2D eigenvalue weighted by Crippen LogP contribution is 2.34. The van der Waals surface area contributed by atoms with Gasteiger partial charge in [0.2, 0.25) is 5.95 Å². The molecular weight excluding hydrogens is 410 g/mol. The molecule has 2 aliphatic heterocycles. The molecule has 4 heterocycles. The highest BCUT2D eigenvalue weighted by molar-refractivity contribution is 7.17. The molecule has 7 nitrogen and oxygen atoms in total. The summed E-state index contributed by atoms with van der Waals surface area (Å²) < 4.78 is 26.9. The zero-order valence-corrected chi connectivity index (χ0v) is 16.7. The van der Waals surface area contributed by atoms with Crippen LogP contribution in [0.15, 0.2) is 30.6 Å². The maximum absolute atomic E-state index is 13.5. The highest BCUT2D eigenvalue weighted by Gasteiger charge is 2.30. The van der Waals surface area contributed by atoms with Crippen molar-refractivity contribution in [3.63, 3.8) is 0 Å². The van der Waals surface area contributed by atoms with Gasteiger partial charge in [0.25, 0.3) is 5.91 Å². The molecule has 0 radical (unpaired) electrons. The number of fused-ring (bicyclic) bond motifs is 1. The molecule has 2 aliphatic rings. The number of nitrogen functional groups attached to an aromatic ring is 1. The summed E-state index contributed by atoms with van der Waals surface area (Å²) in [6, 6.07) is 4.27. The Kier molecular flexibility index (Phi) is 4.58. The Labute approximate surface area is 175 Å². The molecule has 1 saturated heterocycles. The van der Waals surface area contributed by atoms with Gasteiger partial charge in [-0.25, -0.2) is 23.7 Å². The predicted molar refractivity (Wildman–Crippen MR) is 111 cm³/mol. The lowest BCUT2D eigenvalue weighted by atomic mass is 10.1. The number of amides is 1. The Balaban J connectivity index is 1.39. The van der Waals surface area contributed by atoms with E-state index < -0.39 is 12.0 Å². The summed E-state index contributed by atoms with van der Waals surface area (Å²) in [5.74, 6) is -0.200. The van der Waals surface area contributed by atoms with Gasteiger partial charge in [0.05, 0.1) is 17.9 Å². The minimum Gasteiger partial charge on any atom is -0.396 e. The van der Waals surface area contributed by atoms with E-state index in [9.17, 15) is 13.6 Å². The van der Waals surface area contributed by atoms with Gasteiger partial charge in [-0.3, -0.25) is 4.79 Å². The summed E-state index contributed by atoms with van der Waals surface area (Å²) in [7, 11) is 0. The normalized spacial score (nSPS) is 18.7. The van der Waals surface area contributed by atoms with E-state index >= 15 is 0 Å². The van der Waals surface area contributed by atoms with Gasteiger partial charge in [0.1, 0.15) is 21.9 Å². The van der Waals surface area contributed by atoms with Crippen LogP contribution in [0.1, 0.15) is 21.8 Å². The molecule has 0 unspecified atom stereocenters. The number of carbonyl (C=O) groups is 1. The largest absolute Gasteiger partial charge is 0.396 e. The number of alkyl halides is 1. The topological polar surface area (TPSA) is 88.2 Å². The lowest BCUT2D eigenvalue weighted by Crippen LogP contribution is -2.37. The van der Waals surface area contributed by atoms with E-state index in [1.54, 1.807) is 23.4 Å². The number of nitrogens with zero attached hydrogens (tertiary/aromatic N) is 5. The number of benzene rings is 1. The zero-order valence-electron chi connectivity index (χ0n) is 15.9. The first-order valence-electron chi connectivity index (χ1n) is 9.57. The van der Waals surface area contributed by atoms with Crippen molar-refractivity contribution in [3.8, 4) is 10.6 Å². The van der Waals surface area contributed by atoms with Crippen molar-refractivity contribution in [1.82, 2.24) is 15.0 Å². The van der Waals surface area contributed by atoms with Gasteiger partial charge in [-0.1, -0.05) is 0 Å². The van der Waals surface area contributed by atoms with Crippen LogP contribution in [0, 0.1) is 5.82 Å². The van der Waals surface area contributed by atoms with Crippen LogP contribution in [-0.2, 0) is 6.42 Å². The van der Waals surface area contributed by atoms with Crippen molar-refractivity contribution < 1.29 is 13.6 Å². The quantitative estimate of drug-likeness (QED) is 0.645. The molecule has 3 aromatic rings. The average molecular weight is 428 g/mol. The standard InChI is InChI=1S/C20H18F2N6OS/c21-12-3-5-27(10-12)20-24-8-11(9-25-20)18-26-16-4-6-28(19(29)17(16)30-18)13-1-2-14(22)15(23)7-13/h1-2,7-9,12H,3-6,10,23H2/t12-/m1/s1. The van der Waals surface area contributed by atoms with Crippen molar-refractivity contribution in [2.45, 2.75) is 19.0 Å². The Bertz CT molecular complexity index is 1120. The minimum atomic E-state index is -0.843. The smallest absolute Gasteiger partial charge is 0.270 e. The van der Waals surface area contributed by atoms with Crippen molar-refractivity contribution >= 4 is 34.6 Å². The van der Waals surface area contributed by atoms with Gasteiger partial charge < -0.3 is 15.5 Å². The van der Waals surface area contributed by atoms with Gasteiger partial charge in [-0.05, 0) is 24.6 Å². The van der Waals surface area contributed by atoms with Crippen molar-refractivity contribution in [2.75, 3.05) is 35.2 Å². The van der Waals surface area contributed by atoms with Crippen molar-refractivity contribution in [3.05, 3.63) is 47.0 Å². The van der Waals surface area contributed by atoms with Gasteiger partial charge in [0.15, 0.2) is 0 Å². The number of hydrogen-bond acceptors (Lipinski definition) is 7. The highest BCUT2D eigenvalue weighted by atomic mass is 32.1. The summed E-state index contributed by atoms with van der Waals surface area (Å²) in [6.45, 7) is 1.35. The van der Waals surface area contributed by atoms with E-state index in [1.165, 1.54) is 23.5 Å². The van der Waals surface area contributed by atoms with Crippen LogP contribution >= 0.6 is 11.3 Å². The molecule has 1 fully saturated rings. The first kappa shape index (κ1) is 18.9. The zero-order chi connectivity index (χ0) is 20.8. The second-order valence-corrected chi connectivity index (χ2v) is 8.31. The maximum atomic E-state index is 13.5. The summed E-state index contributed by atoms with van der Waals surface area (Å²) in [5.41, 5.74) is 7.66. The van der Waals surface area contributed by atoms with E-state index in [0.29, 0.717) is 59.6 Å². The average Bonchev–Trinajstić information content (AvgIpc) is 3.38. The second kappa shape index (κ2) is 7.28. The lowest BCUT2D eigenvalue weighted by molar-refractivity contribution is 0.0984. The molecule has 10 heteroatoms. The van der Waals surface area contributed by atoms with Crippen molar-refractivity contribution in [2.24, 2.45) is 0 Å². The first-order valence-corrected chi connectivity index (χ1v) is 10.4. The SMILES string of the molecule is Nc1cc(N2CCc3nc(-c4cnc(N5CC[C@@H](F)C5)nc4)sc3C2=O)ccc1F. The Morgan fingerprint density at radius 1 is 1.20 bits per heavy atom. The fourth-order valence-electron chi connectivity index (χ4n) is 3.69. The third kappa shape index (κ3) is 3.26. The number of carbonyl (C=O) groups excluding carboxylic acids is 1. The van der Waals surface area contributed by atoms with Crippen LogP contribution in [-0.4, -0.2) is 46.7 Å². The predicted octanol–water partition coefficient (Wildman–Crippen LogP) is 3.07. The van der Waals surface area contributed by atoms with Gasteiger partial charge in [0, 0.05) is 43.2 Å². The molecule has 1 atom stereocenters. The van der Waals surface area contributed by atoms with E-state index in [4.69, 9.17) is 5.73 Å². The summed E-state index contributed by atoms with van der Waals surface area (Å²) in [6.07, 6.45) is 3.54. The number of hydrogen-bond donors (Lipinski definition) is 1. The number of aromatic nitrogens is 3. The number of thiazole rings is 1. The minimum absolute atomic E-state index is 0.00501. The van der Waals surface area contributed by atoms with Crippen LogP contribution in [0.2, 0.25) is 0 Å². The third-order valence-electron chi connectivity index (χ3n) is 5.30. The van der Waals surface area contributed by atoms with Crippen LogP contribution in [0.3, 0.4) is 0 Å². The maximum Gasteiger partial charge on any atom is 0.270 e. The first-order chi connectivity index (χ1) is 14.5. The molecule has 0 bridgehead atoms. The lowest BCUT2D eigenvalue weighted by Gasteiger charge is -2.26. The van der Waals surface area contributed by atoms with Crippen LogP contribution in [0.5, 0.6) is 0 Å². The molecule has 0 spiro atoms. The van der Waals surface area contributed by atoms with Crippen molar-refractivity contribution in [1.29, 1.82) is 0 Å².